The van der Waals surface area contributed by atoms with Crippen LogP contribution in [-0.4, -0.2) is 53.4 Å². The normalized spacial score (nSPS) is 18.8. The van der Waals surface area contributed by atoms with E-state index in [2.05, 4.69) is 40.5 Å². The molecule has 0 bridgehead atoms. The van der Waals surface area contributed by atoms with Gasteiger partial charge in [-0.15, -0.1) is 0 Å². The average molecular weight is 580 g/mol. The lowest BCUT2D eigenvalue weighted by Crippen LogP contribution is -2.31. The summed E-state index contributed by atoms with van der Waals surface area (Å²) < 4.78 is 7.69. The van der Waals surface area contributed by atoms with Crippen LogP contribution in [0.1, 0.15) is 82.0 Å². The third-order valence-corrected chi connectivity index (χ3v) is 10.3. The number of ether oxygens (including phenoxy) is 1. The van der Waals surface area contributed by atoms with Crippen molar-refractivity contribution in [1.29, 1.82) is 0 Å². The van der Waals surface area contributed by atoms with Gasteiger partial charge in [-0.2, -0.15) is 0 Å². The van der Waals surface area contributed by atoms with E-state index in [1.165, 1.54) is 44.9 Å². The highest BCUT2D eigenvalue weighted by molar-refractivity contribution is 7.50. The molecule has 1 aliphatic heterocycles. The molecule has 0 radical (unpaired) electrons. The van der Waals surface area contributed by atoms with Gasteiger partial charge in [-0.1, -0.05) is 72.7 Å². The van der Waals surface area contributed by atoms with Crippen LogP contribution < -0.4 is 26.2 Å². The maximum atomic E-state index is 13.4. The Balaban J connectivity index is 1.39. The Morgan fingerprint density at radius 2 is 1.83 bits per heavy atom. The first-order valence-electron chi connectivity index (χ1n) is 15.5. The van der Waals surface area contributed by atoms with Crippen LogP contribution in [0, 0.1) is 0 Å². The molecule has 1 fully saturated rings. The van der Waals surface area contributed by atoms with Crippen molar-refractivity contribution in [2.45, 2.75) is 90.0 Å². The van der Waals surface area contributed by atoms with Gasteiger partial charge in [0.15, 0.2) is 0 Å². The first-order valence-corrected chi connectivity index (χ1v) is 16.6. The number of rotatable bonds is 11. The summed E-state index contributed by atoms with van der Waals surface area (Å²) in [6, 6.07) is 10.4. The molecule has 0 spiro atoms. The van der Waals surface area contributed by atoms with E-state index in [1.54, 1.807) is 11.8 Å². The predicted octanol–water partition coefficient (Wildman–Crippen LogP) is 5.27. The molecular formula is C32H46N5O3P. The molecule has 41 heavy (non-hydrogen) atoms. The topological polar surface area (TPSA) is 91.4 Å². The number of para-hydroxylation sites is 1. The van der Waals surface area contributed by atoms with E-state index in [9.17, 15) is 9.59 Å². The van der Waals surface area contributed by atoms with Crippen LogP contribution in [0.3, 0.4) is 0 Å². The van der Waals surface area contributed by atoms with Crippen molar-refractivity contribution in [3.05, 3.63) is 51.8 Å². The minimum absolute atomic E-state index is 0.0329. The third kappa shape index (κ3) is 6.71. The Bertz CT molecular complexity index is 1390. The molecule has 2 atom stereocenters. The lowest BCUT2D eigenvalue weighted by molar-refractivity contribution is -0.115. The summed E-state index contributed by atoms with van der Waals surface area (Å²) in [6.45, 7) is 8.44. The molecule has 222 valence electrons. The van der Waals surface area contributed by atoms with E-state index in [4.69, 9.17) is 4.74 Å². The summed E-state index contributed by atoms with van der Waals surface area (Å²) in [5.74, 6) is 0.817. The summed E-state index contributed by atoms with van der Waals surface area (Å²) in [6.07, 6.45) is 10.1. The number of benzene rings is 2. The van der Waals surface area contributed by atoms with Gasteiger partial charge in [-0.3, -0.25) is 19.4 Å². The second-order valence-corrected chi connectivity index (χ2v) is 12.8. The van der Waals surface area contributed by atoms with Crippen LogP contribution in [-0.2, 0) is 17.9 Å². The highest BCUT2D eigenvalue weighted by Gasteiger charge is 2.32. The average Bonchev–Trinajstić information content (AvgIpc) is 3.29. The first-order chi connectivity index (χ1) is 20.0. The monoisotopic (exact) mass is 579 g/mol. The Morgan fingerprint density at radius 3 is 2.56 bits per heavy atom. The van der Waals surface area contributed by atoms with E-state index in [1.807, 2.05) is 24.3 Å². The van der Waals surface area contributed by atoms with E-state index in [-0.39, 0.29) is 20.0 Å². The van der Waals surface area contributed by atoms with Crippen molar-refractivity contribution in [2.75, 3.05) is 32.1 Å². The van der Waals surface area contributed by atoms with Crippen molar-refractivity contribution >= 4 is 36.4 Å². The van der Waals surface area contributed by atoms with Crippen molar-refractivity contribution in [1.82, 2.24) is 20.0 Å². The number of nitrogens with one attached hydrogen (secondary N) is 3. The van der Waals surface area contributed by atoms with Gasteiger partial charge in [-0.25, -0.2) is 0 Å². The zero-order valence-electron chi connectivity index (χ0n) is 24.9. The number of likely N-dealkylation sites (N-methyl/N-ethyl adjacent to an activating group) is 1. The van der Waals surface area contributed by atoms with Crippen LogP contribution >= 0.6 is 8.58 Å². The summed E-state index contributed by atoms with van der Waals surface area (Å²) in [4.78, 5) is 29.1. The van der Waals surface area contributed by atoms with E-state index < -0.39 is 5.66 Å². The molecular weight excluding hydrogens is 533 g/mol. The van der Waals surface area contributed by atoms with Crippen molar-refractivity contribution in [3.63, 3.8) is 0 Å². The fraction of sp³-hybridized carbons (Fsp3) is 0.562. The van der Waals surface area contributed by atoms with Crippen molar-refractivity contribution in [2.24, 2.45) is 0 Å². The SMILES string of the molecule is CCCN(CC)CCn1[nH]c2c(C3Pc4c(ccc(CNC5CCCCCCC5)c4OC)NC3=O)cccc2c1=O. The van der Waals surface area contributed by atoms with E-state index >= 15 is 0 Å². The smallest absolute Gasteiger partial charge is 0.274 e. The zero-order valence-corrected chi connectivity index (χ0v) is 25.9. The number of aromatic amines is 1. The molecule has 2 aliphatic rings. The largest absolute Gasteiger partial charge is 0.496 e. The minimum atomic E-state index is -0.396. The van der Waals surface area contributed by atoms with E-state index in [0.29, 0.717) is 18.0 Å². The van der Waals surface area contributed by atoms with Crippen molar-refractivity contribution < 1.29 is 9.53 Å². The molecule has 2 aromatic carbocycles. The Morgan fingerprint density at radius 1 is 1.05 bits per heavy atom. The molecule has 3 N–H and O–H groups in total. The van der Waals surface area contributed by atoms with Crippen LogP contribution in [0.15, 0.2) is 35.1 Å². The molecule has 0 saturated heterocycles. The van der Waals surface area contributed by atoms with Gasteiger partial charge in [0.25, 0.3) is 5.56 Å². The van der Waals surface area contributed by atoms with Crippen LogP contribution in [0.25, 0.3) is 10.9 Å². The fourth-order valence-corrected chi connectivity index (χ4v) is 7.97. The number of carbonyl (C=O) groups excluding carboxylic acids is 1. The second kappa shape index (κ2) is 14.0. The summed E-state index contributed by atoms with van der Waals surface area (Å²) in [7, 11) is 1.92. The number of anilines is 1. The Hall–Kier alpha value is -2.67. The quantitative estimate of drug-likeness (QED) is 0.269. The second-order valence-electron chi connectivity index (χ2n) is 11.4. The molecule has 1 aliphatic carbocycles. The van der Waals surface area contributed by atoms with Crippen molar-refractivity contribution in [3.8, 4) is 5.75 Å². The van der Waals surface area contributed by atoms with Gasteiger partial charge in [-0.05, 0) is 50.0 Å². The number of hydrogen-bond donors (Lipinski definition) is 3. The molecule has 1 aromatic heterocycles. The highest BCUT2D eigenvalue weighted by atomic mass is 31.1. The molecule has 1 saturated carbocycles. The molecule has 2 unspecified atom stereocenters. The van der Waals surface area contributed by atoms with Crippen LogP contribution in [0.2, 0.25) is 0 Å². The number of hydrogen-bond acceptors (Lipinski definition) is 5. The standard InChI is InChI=1S/C32H46N5O3P/c1-4-18-36(5-2)19-20-37-32(39)25-15-11-14-24(27(25)35-37)29-31(38)34-26-17-16-22(28(40-3)30(26)41-29)21-33-23-12-9-7-6-8-10-13-23/h11,14-17,23,29,33,35,41H,4-10,12-13,18-21H2,1-3H3,(H,34,38). The first kappa shape index (κ1) is 29.8. The maximum absolute atomic E-state index is 13.4. The number of aromatic nitrogens is 2. The molecule has 5 rings (SSSR count). The lowest BCUT2D eigenvalue weighted by Gasteiger charge is -2.28. The summed E-state index contributed by atoms with van der Waals surface area (Å²) >= 11 is 0. The molecule has 3 aromatic rings. The van der Waals surface area contributed by atoms with Gasteiger partial charge >= 0.3 is 0 Å². The number of H-pyrrole nitrogens is 1. The predicted molar refractivity (Wildman–Crippen MR) is 170 cm³/mol. The fourth-order valence-electron chi connectivity index (χ4n) is 6.38. The third-order valence-electron chi connectivity index (χ3n) is 8.70. The summed E-state index contributed by atoms with van der Waals surface area (Å²) in [5, 5.41) is 12.0. The number of nitrogens with zero attached hydrogens (tertiary/aromatic N) is 2. The van der Waals surface area contributed by atoms with Gasteiger partial charge < -0.3 is 20.3 Å². The number of amides is 1. The van der Waals surface area contributed by atoms with Crippen LogP contribution in [0.5, 0.6) is 5.75 Å². The Kier molecular flexibility index (Phi) is 10.2. The van der Waals surface area contributed by atoms with Gasteiger partial charge in [0, 0.05) is 30.0 Å². The highest BCUT2D eigenvalue weighted by Crippen LogP contribution is 2.45. The number of carbonyl (C=O) groups is 1. The zero-order chi connectivity index (χ0) is 28.8. The number of methoxy groups -OCH3 is 1. The molecule has 8 nitrogen and oxygen atoms in total. The molecule has 2 heterocycles. The summed E-state index contributed by atoms with van der Waals surface area (Å²) in [5.41, 5.74) is 3.14. The number of fused-ring (bicyclic) bond motifs is 2. The minimum Gasteiger partial charge on any atom is -0.496 e. The van der Waals surface area contributed by atoms with Crippen LogP contribution in [0.4, 0.5) is 5.69 Å². The van der Waals surface area contributed by atoms with Gasteiger partial charge in [0.2, 0.25) is 5.91 Å². The van der Waals surface area contributed by atoms with Gasteiger partial charge in [0.1, 0.15) is 5.75 Å². The molecule has 9 heteroatoms. The maximum Gasteiger partial charge on any atom is 0.274 e. The van der Waals surface area contributed by atoms with Gasteiger partial charge in [0.05, 0.1) is 35.9 Å². The molecule has 1 amide bonds. The van der Waals surface area contributed by atoms with E-state index in [0.717, 1.165) is 66.0 Å². The lowest BCUT2D eigenvalue weighted by atomic mass is 9.96. The Labute approximate surface area is 245 Å².